The van der Waals surface area contributed by atoms with Crippen molar-refractivity contribution in [2.45, 2.75) is 0 Å². The van der Waals surface area contributed by atoms with Gasteiger partial charge in [0.1, 0.15) is 18.2 Å². The second-order valence-electron chi connectivity index (χ2n) is 4.79. The zero-order chi connectivity index (χ0) is 16.5. The van der Waals surface area contributed by atoms with Crippen LogP contribution in [0.15, 0.2) is 48.5 Å². The summed E-state index contributed by atoms with van der Waals surface area (Å²) in [5.74, 6) is 0.0716. The minimum absolute atomic E-state index is 0.0929. The van der Waals surface area contributed by atoms with Gasteiger partial charge in [0, 0.05) is 24.3 Å². The standard InChI is InChI=1S/C17H19FN2O3/c18-14-4-6-16(7-5-14)23-11-9-19-15-3-1-2-13(12-15)17(22)20-8-10-21/h1-7,12,19,21H,8-11H2,(H,20,22). The molecule has 0 spiro atoms. The van der Waals surface area contributed by atoms with Gasteiger partial charge in [-0.2, -0.15) is 0 Å². The van der Waals surface area contributed by atoms with Crippen LogP contribution in [0, 0.1) is 5.82 Å². The fraction of sp³-hybridized carbons (Fsp3) is 0.235. The number of rotatable bonds is 8. The van der Waals surface area contributed by atoms with Crippen molar-refractivity contribution in [3.05, 3.63) is 59.9 Å². The molecule has 0 fully saturated rings. The Kier molecular flexibility index (Phi) is 6.38. The van der Waals surface area contributed by atoms with Crippen molar-refractivity contribution in [2.75, 3.05) is 31.6 Å². The number of halogens is 1. The number of nitrogens with one attached hydrogen (secondary N) is 2. The molecule has 122 valence electrons. The van der Waals surface area contributed by atoms with Crippen LogP contribution in [0.4, 0.5) is 10.1 Å². The number of hydrogen-bond acceptors (Lipinski definition) is 4. The van der Waals surface area contributed by atoms with Crippen LogP contribution in [0.3, 0.4) is 0 Å². The number of amides is 1. The van der Waals surface area contributed by atoms with Gasteiger partial charge in [-0.05, 0) is 42.5 Å². The van der Waals surface area contributed by atoms with E-state index >= 15 is 0 Å². The highest BCUT2D eigenvalue weighted by Crippen LogP contribution is 2.12. The van der Waals surface area contributed by atoms with Crippen LogP contribution in [0.5, 0.6) is 5.75 Å². The zero-order valence-electron chi connectivity index (χ0n) is 12.6. The molecule has 0 aliphatic heterocycles. The number of benzene rings is 2. The number of carbonyl (C=O) groups is 1. The Labute approximate surface area is 134 Å². The second kappa shape index (κ2) is 8.75. The fourth-order valence-corrected chi connectivity index (χ4v) is 1.94. The summed E-state index contributed by atoms with van der Waals surface area (Å²) in [7, 11) is 0. The number of ether oxygens (including phenoxy) is 1. The third kappa shape index (κ3) is 5.60. The van der Waals surface area contributed by atoms with E-state index in [0.717, 1.165) is 5.69 Å². The highest BCUT2D eigenvalue weighted by Gasteiger charge is 2.05. The van der Waals surface area contributed by atoms with Crippen LogP contribution in [0.25, 0.3) is 0 Å². The Morgan fingerprint density at radius 1 is 1.13 bits per heavy atom. The lowest BCUT2D eigenvalue weighted by molar-refractivity contribution is 0.0945. The maximum atomic E-state index is 12.8. The summed E-state index contributed by atoms with van der Waals surface area (Å²) in [6.07, 6.45) is 0. The van der Waals surface area contributed by atoms with Crippen molar-refractivity contribution < 1.29 is 19.0 Å². The predicted octanol–water partition coefficient (Wildman–Crippen LogP) is 2.04. The monoisotopic (exact) mass is 318 g/mol. The summed E-state index contributed by atoms with van der Waals surface area (Å²) in [5.41, 5.74) is 1.31. The van der Waals surface area contributed by atoms with Crippen LogP contribution < -0.4 is 15.4 Å². The zero-order valence-corrected chi connectivity index (χ0v) is 12.6. The lowest BCUT2D eigenvalue weighted by atomic mass is 10.2. The Morgan fingerprint density at radius 3 is 2.65 bits per heavy atom. The lowest BCUT2D eigenvalue weighted by Crippen LogP contribution is -2.26. The van der Waals surface area contributed by atoms with E-state index in [2.05, 4.69) is 10.6 Å². The molecule has 1 amide bonds. The molecule has 0 bridgehead atoms. The Bertz CT molecular complexity index is 632. The summed E-state index contributed by atoms with van der Waals surface area (Å²) in [6, 6.07) is 12.9. The number of carbonyl (C=O) groups excluding carboxylic acids is 1. The number of aliphatic hydroxyl groups is 1. The molecular formula is C17H19FN2O3. The van der Waals surface area contributed by atoms with Gasteiger partial charge in [-0.15, -0.1) is 0 Å². The molecule has 5 nitrogen and oxygen atoms in total. The average Bonchev–Trinajstić information content (AvgIpc) is 2.58. The SMILES string of the molecule is O=C(NCCO)c1cccc(NCCOc2ccc(F)cc2)c1. The van der Waals surface area contributed by atoms with Gasteiger partial charge in [0.05, 0.1) is 6.61 Å². The van der Waals surface area contributed by atoms with E-state index in [1.807, 2.05) is 6.07 Å². The van der Waals surface area contributed by atoms with Crippen LogP contribution >= 0.6 is 0 Å². The maximum Gasteiger partial charge on any atom is 0.251 e. The highest BCUT2D eigenvalue weighted by atomic mass is 19.1. The quantitative estimate of drug-likeness (QED) is 0.652. The molecule has 6 heteroatoms. The van der Waals surface area contributed by atoms with Crippen molar-refractivity contribution in [2.24, 2.45) is 0 Å². The van der Waals surface area contributed by atoms with E-state index in [9.17, 15) is 9.18 Å². The van der Waals surface area contributed by atoms with E-state index < -0.39 is 0 Å². The molecule has 0 saturated heterocycles. The summed E-state index contributed by atoms with van der Waals surface area (Å²) in [4.78, 5) is 11.8. The average molecular weight is 318 g/mol. The van der Waals surface area contributed by atoms with Gasteiger partial charge in [0.15, 0.2) is 0 Å². The first kappa shape index (κ1) is 16.8. The number of anilines is 1. The van der Waals surface area contributed by atoms with Crippen molar-refractivity contribution in [1.82, 2.24) is 5.32 Å². The van der Waals surface area contributed by atoms with Gasteiger partial charge in [0.25, 0.3) is 5.91 Å². The molecule has 0 atom stereocenters. The molecule has 2 aromatic rings. The topological polar surface area (TPSA) is 70.6 Å². The molecule has 2 rings (SSSR count). The molecule has 0 saturated carbocycles. The van der Waals surface area contributed by atoms with Crippen molar-refractivity contribution in [3.8, 4) is 5.75 Å². The fourth-order valence-electron chi connectivity index (χ4n) is 1.94. The van der Waals surface area contributed by atoms with Crippen molar-refractivity contribution in [1.29, 1.82) is 0 Å². The van der Waals surface area contributed by atoms with Crippen LogP contribution in [0.1, 0.15) is 10.4 Å². The first-order valence-electron chi connectivity index (χ1n) is 7.30. The summed E-state index contributed by atoms with van der Waals surface area (Å²) in [6.45, 7) is 1.08. The smallest absolute Gasteiger partial charge is 0.251 e. The third-order valence-corrected chi connectivity index (χ3v) is 3.04. The molecule has 0 aliphatic carbocycles. The van der Waals surface area contributed by atoms with E-state index in [0.29, 0.717) is 24.5 Å². The maximum absolute atomic E-state index is 12.8. The third-order valence-electron chi connectivity index (χ3n) is 3.04. The largest absolute Gasteiger partial charge is 0.492 e. The summed E-state index contributed by atoms with van der Waals surface area (Å²) >= 11 is 0. The Morgan fingerprint density at radius 2 is 1.91 bits per heavy atom. The van der Waals surface area contributed by atoms with Gasteiger partial charge < -0.3 is 20.5 Å². The molecular weight excluding hydrogens is 299 g/mol. The van der Waals surface area contributed by atoms with Crippen LogP contribution in [-0.4, -0.2) is 37.3 Å². The Balaban J connectivity index is 1.79. The highest BCUT2D eigenvalue weighted by molar-refractivity contribution is 5.95. The minimum Gasteiger partial charge on any atom is -0.492 e. The molecule has 2 aromatic carbocycles. The normalized spacial score (nSPS) is 10.2. The first-order valence-corrected chi connectivity index (χ1v) is 7.30. The van der Waals surface area contributed by atoms with Crippen LogP contribution in [0.2, 0.25) is 0 Å². The van der Waals surface area contributed by atoms with E-state index in [-0.39, 0.29) is 24.9 Å². The summed E-state index contributed by atoms with van der Waals surface area (Å²) < 4.78 is 18.2. The predicted molar refractivity (Wildman–Crippen MR) is 86.2 cm³/mol. The van der Waals surface area contributed by atoms with Gasteiger partial charge in [-0.25, -0.2) is 4.39 Å². The van der Waals surface area contributed by atoms with Crippen molar-refractivity contribution >= 4 is 11.6 Å². The van der Waals surface area contributed by atoms with E-state index in [1.165, 1.54) is 12.1 Å². The summed E-state index contributed by atoms with van der Waals surface area (Å²) in [5, 5.41) is 14.5. The number of hydrogen-bond donors (Lipinski definition) is 3. The van der Waals surface area contributed by atoms with E-state index in [4.69, 9.17) is 9.84 Å². The Hall–Kier alpha value is -2.60. The second-order valence-corrected chi connectivity index (χ2v) is 4.79. The molecule has 23 heavy (non-hydrogen) atoms. The number of aliphatic hydroxyl groups excluding tert-OH is 1. The molecule has 3 N–H and O–H groups in total. The molecule has 0 aliphatic rings. The van der Waals surface area contributed by atoms with Crippen molar-refractivity contribution in [3.63, 3.8) is 0 Å². The lowest BCUT2D eigenvalue weighted by Gasteiger charge is -2.10. The molecule has 0 unspecified atom stereocenters. The van der Waals surface area contributed by atoms with E-state index in [1.54, 1.807) is 30.3 Å². The molecule has 0 aromatic heterocycles. The first-order chi connectivity index (χ1) is 11.2. The molecule has 0 heterocycles. The van der Waals surface area contributed by atoms with Gasteiger partial charge in [-0.3, -0.25) is 4.79 Å². The van der Waals surface area contributed by atoms with Gasteiger partial charge in [0.2, 0.25) is 0 Å². The van der Waals surface area contributed by atoms with Gasteiger partial charge in [-0.1, -0.05) is 6.07 Å². The molecule has 0 radical (unpaired) electrons. The van der Waals surface area contributed by atoms with Gasteiger partial charge >= 0.3 is 0 Å². The van der Waals surface area contributed by atoms with Crippen LogP contribution in [-0.2, 0) is 0 Å². The minimum atomic E-state index is -0.299.